The zero-order chi connectivity index (χ0) is 24.3. The van der Waals surface area contributed by atoms with Crippen molar-refractivity contribution >= 4 is 11.6 Å². The van der Waals surface area contributed by atoms with E-state index in [1.165, 1.54) is 0 Å². The van der Waals surface area contributed by atoms with Crippen molar-refractivity contribution in [1.29, 1.82) is 0 Å². The number of allylic oxidation sites excluding steroid dienone is 1. The van der Waals surface area contributed by atoms with Gasteiger partial charge in [0.05, 0.1) is 1.37 Å². The molecule has 0 aromatic heterocycles. The van der Waals surface area contributed by atoms with Crippen molar-refractivity contribution in [3.63, 3.8) is 0 Å². The lowest BCUT2D eigenvalue weighted by molar-refractivity contribution is -0.160. The number of rotatable bonds is 1. The molecule has 0 spiro atoms. The second kappa shape index (κ2) is 5.03. The molecule has 24 heavy (non-hydrogen) atoms. The minimum absolute atomic E-state index is 0.0000273. The Hall–Kier alpha value is -0.960. The van der Waals surface area contributed by atoms with Gasteiger partial charge in [0.25, 0.3) is 0 Å². The monoisotopic (exact) mass is 338 g/mol. The quantitative estimate of drug-likeness (QED) is 0.790. The Kier molecular flexibility index (Phi) is 2.02. The van der Waals surface area contributed by atoms with Gasteiger partial charge in [-0.2, -0.15) is 0 Å². The Morgan fingerprint density at radius 2 is 2.00 bits per heavy atom. The average Bonchev–Trinajstić information content (AvgIpc) is 2.89. The second-order valence-corrected chi connectivity index (χ2v) is 8.54. The minimum atomic E-state index is -2.94. The van der Waals surface area contributed by atoms with Crippen LogP contribution in [0.4, 0.5) is 0 Å². The summed E-state index contributed by atoms with van der Waals surface area (Å²) in [5, 5.41) is 11.4. The lowest BCUT2D eigenvalue weighted by Gasteiger charge is -2.58. The molecule has 3 fully saturated rings. The summed E-state index contributed by atoms with van der Waals surface area (Å²) in [6.45, 7) is 0.535. The smallest absolute Gasteiger partial charge is 0.161 e. The molecule has 4 rings (SSSR count). The SMILES string of the molecule is [2H]C1=C2C([2H])([2H])C[C@@H]3[C@H](CC[C@@]4(C)[C@H]3CC[C@@]4(O)C(=O)C([2H])([2H])[2H])[C@@]2(C)CC([2H])([2H])C1=O. The number of hydrogen-bond acceptors (Lipinski definition) is 3. The summed E-state index contributed by atoms with van der Waals surface area (Å²) in [5.74, 6) is -3.01. The number of aliphatic hydroxyl groups is 1. The van der Waals surface area contributed by atoms with Crippen LogP contribution < -0.4 is 0 Å². The highest BCUT2D eigenvalue weighted by atomic mass is 16.3. The van der Waals surface area contributed by atoms with Crippen LogP contribution in [0.5, 0.6) is 0 Å². The fourth-order valence-corrected chi connectivity index (χ4v) is 6.19. The van der Waals surface area contributed by atoms with Gasteiger partial charge in [0.1, 0.15) is 5.60 Å². The molecule has 0 heterocycles. The van der Waals surface area contributed by atoms with Gasteiger partial charge in [-0.15, -0.1) is 0 Å². The van der Waals surface area contributed by atoms with E-state index in [1.807, 2.05) is 0 Å². The van der Waals surface area contributed by atoms with Crippen LogP contribution in [-0.2, 0) is 9.59 Å². The number of hydrogen-bond donors (Lipinski definition) is 1. The molecule has 0 unspecified atom stereocenters. The van der Waals surface area contributed by atoms with Gasteiger partial charge in [-0.05, 0) is 81.0 Å². The molecule has 4 aliphatic rings. The molecule has 0 aromatic carbocycles. The third-order valence-corrected chi connectivity index (χ3v) is 7.72. The van der Waals surface area contributed by atoms with Gasteiger partial charge in [0.2, 0.25) is 0 Å². The Morgan fingerprint density at radius 3 is 2.75 bits per heavy atom. The van der Waals surface area contributed by atoms with Gasteiger partial charge >= 0.3 is 0 Å². The number of carbonyl (C=O) groups excluding carboxylic acids is 2. The van der Waals surface area contributed by atoms with Gasteiger partial charge < -0.3 is 5.11 Å². The maximum Gasteiger partial charge on any atom is 0.161 e. The van der Waals surface area contributed by atoms with Gasteiger partial charge in [-0.3, -0.25) is 9.59 Å². The van der Waals surface area contributed by atoms with Crippen LogP contribution in [0.1, 0.15) is 82.9 Å². The fraction of sp³-hybridized carbons (Fsp3) is 0.810. The van der Waals surface area contributed by atoms with Crippen molar-refractivity contribution in [2.45, 2.75) is 77.6 Å². The first-order valence-corrected chi connectivity index (χ1v) is 8.87. The molecular formula is C21H30O3. The number of fused-ring (bicyclic) bond motifs is 5. The Labute approximate surface area is 156 Å². The van der Waals surface area contributed by atoms with E-state index in [2.05, 4.69) is 0 Å². The Bertz CT molecular complexity index is 924. The summed E-state index contributed by atoms with van der Waals surface area (Å²) in [6.07, 6.45) is -3.33. The highest BCUT2D eigenvalue weighted by molar-refractivity contribution is 5.91. The maximum atomic E-state index is 12.8. The molecular weight excluding hydrogens is 300 g/mol. The van der Waals surface area contributed by atoms with E-state index in [0.29, 0.717) is 19.3 Å². The van der Waals surface area contributed by atoms with Crippen molar-refractivity contribution in [3.8, 4) is 0 Å². The van der Waals surface area contributed by atoms with Gasteiger partial charge in [0, 0.05) is 21.4 Å². The summed E-state index contributed by atoms with van der Waals surface area (Å²) < 4.78 is 64.9. The average molecular weight is 339 g/mol. The van der Waals surface area contributed by atoms with Crippen LogP contribution in [0.15, 0.2) is 11.6 Å². The fourth-order valence-electron chi connectivity index (χ4n) is 6.19. The summed E-state index contributed by atoms with van der Waals surface area (Å²) in [6, 6.07) is -0.568. The first-order valence-electron chi connectivity index (χ1n) is 12.9. The molecule has 0 aromatic rings. The zero-order valence-electron chi connectivity index (χ0n) is 22.2. The molecule has 1 N–H and O–H groups in total. The standard InChI is InChI=1S/C21H30O3/c1-13(22)21(24)11-8-18-16-5-4-14-12-15(23)6-9-19(14,2)17(16)7-10-20(18,21)3/h12,16-18,24H,4-11H2,1-3H3/t16-,17+,18+,19+,20+,21-/m1/s1/i1D3,4D2,6D2,12D. The van der Waals surface area contributed by atoms with Crippen LogP contribution in [0, 0.1) is 28.6 Å². The van der Waals surface area contributed by atoms with Crippen LogP contribution in [-0.4, -0.2) is 22.3 Å². The normalized spacial score (nSPS) is 60.6. The van der Waals surface area contributed by atoms with Crippen LogP contribution in [0.25, 0.3) is 0 Å². The maximum absolute atomic E-state index is 12.8. The molecule has 132 valence electrons. The van der Waals surface area contributed by atoms with E-state index in [-0.39, 0.29) is 42.6 Å². The van der Waals surface area contributed by atoms with Crippen LogP contribution >= 0.6 is 0 Å². The zero-order valence-corrected chi connectivity index (χ0v) is 14.2. The van der Waals surface area contributed by atoms with Crippen LogP contribution in [0.2, 0.25) is 0 Å². The number of ketones is 2. The van der Waals surface area contributed by atoms with E-state index in [0.717, 1.165) is 0 Å². The van der Waals surface area contributed by atoms with Gasteiger partial charge in [-0.1, -0.05) is 19.4 Å². The molecule has 0 amide bonds. The molecule has 3 heteroatoms. The summed E-state index contributed by atoms with van der Waals surface area (Å²) >= 11 is 0. The van der Waals surface area contributed by atoms with Crippen molar-refractivity contribution in [1.82, 2.24) is 0 Å². The van der Waals surface area contributed by atoms with Crippen molar-refractivity contribution in [3.05, 3.63) is 11.6 Å². The van der Waals surface area contributed by atoms with E-state index in [4.69, 9.17) is 11.0 Å². The van der Waals surface area contributed by atoms with Crippen molar-refractivity contribution < 1.29 is 25.7 Å². The second-order valence-electron chi connectivity index (χ2n) is 8.54. The van der Waals surface area contributed by atoms with Gasteiger partial charge in [-0.25, -0.2) is 0 Å². The van der Waals surface area contributed by atoms with Gasteiger partial charge in [0.15, 0.2) is 11.6 Å². The molecule has 0 aliphatic heterocycles. The van der Waals surface area contributed by atoms with E-state index >= 15 is 0 Å². The van der Waals surface area contributed by atoms with E-state index < -0.39 is 53.6 Å². The molecule has 0 bridgehead atoms. The summed E-state index contributed by atoms with van der Waals surface area (Å²) in [7, 11) is 0. The molecule has 0 radical (unpaired) electrons. The lowest BCUT2D eigenvalue weighted by atomic mass is 9.46. The number of carbonyl (C=O) groups is 2. The van der Waals surface area contributed by atoms with E-state index in [1.54, 1.807) is 13.8 Å². The largest absolute Gasteiger partial charge is 0.382 e. The third kappa shape index (κ3) is 1.88. The third-order valence-electron chi connectivity index (χ3n) is 7.72. The molecule has 3 nitrogen and oxygen atoms in total. The molecule has 0 saturated heterocycles. The van der Waals surface area contributed by atoms with Crippen molar-refractivity contribution in [2.75, 3.05) is 0 Å². The highest BCUT2D eigenvalue weighted by Crippen LogP contribution is 2.67. The Morgan fingerprint density at radius 1 is 1.25 bits per heavy atom. The molecule has 6 atom stereocenters. The van der Waals surface area contributed by atoms with E-state index in [9.17, 15) is 14.7 Å². The molecule has 4 aliphatic carbocycles. The first kappa shape index (κ1) is 9.66. The lowest BCUT2D eigenvalue weighted by Crippen LogP contribution is -2.57. The van der Waals surface area contributed by atoms with Crippen LogP contribution in [0.3, 0.4) is 0 Å². The van der Waals surface area contributed by atoms with Crippen molar-refractivity contribution in [2.24, 2.45) is 28.6 Å². The summed E-state index contributed by atoms with van der Waals surface area (Å²) in [5.41, 5.74) is -4.02. The highest BCUT2D eigenvalue weighted by Gasteiger charge is 2.65. The predicted octanol–water partition coefficient (Wildman–Crippen LogP) is 3.84. The number of Topliss-reactive ketones (excluding diaryl/α,β-unsaturated/α-hetero) is 1. The molecule has 3 saturated carbocycles. The predicted molar refractivity (Wildman–Crippen MR) is 92.3 cm³/mol. The topological polar surface area (TPSA) is 54.4 Å². The first-order chi connectivity index (χ1) is 14.3. The Balaban J connectivity index is 1.81. The summed E-state index contributed by atoms with van der Waals surface area (Å²) in [4.78, 5) is 25.3. The minimum Gasteiger partial charge on any atom is -0.382 e.